The molecule has 0 amide bonds. The van der Waals surface area contributed by atoms with Gasteiger partial charge in [-0.3, -0.25) is 5.41 Å². The van der Waals surface area contributed by atoms with Gasteiger partial charge in [0.2, 0.25) is 0 Å². The zero-order valence-electron chi connectivity index (χ0n) is 7.30. The van der Waals surface area contributed by atoms with Crippen molar-refractivity contribution in [1.82, 2.24) is 4.90 Å². The average Bonchev–Trinajstić information content (AvgIpc) is 1.94. The van der Waals surface area contributed by atoms with Crippen LogP contribution in [0.15, 0.2) is 0 Å². The third kappa shape index (κ3) is 1.64. The Morgan fingerprint density at radius 2 is 2.18 bits per heavy atom. The third-order valence-corrected chi connectivity index (χ3v) is 2.68. The van der Waals surface area contributed by atoms with E-state index >= 15 is 0 Å². The Labute approximate surface area is 68.1 Å². The maximum Gasteiger partial charge on any atom is 0.188 e. The minimum absolute atomic E-state index is 0.226. The van der Waals surface area contributed by atoms with Crippen LogP contribution in [0.1, 0.15) is 26.7 Å². The van der Waals surface area contributed by atoms with Crippen molar-refractivity contribution >= 4 is 5.96 Å². The molecule has 1 aliphatic rings. The summed E-state index contributed by atoms with van der Waals surface area (Å²) >= 11 is 0. The van der Waals surface area contributed by atoms with E-state index in [1.165, 1.54) is 12.8 Å². The highest BCUT2D eigenvalue weighted by atomic mass is 15.3. The molecule has 0 spiro atoms. The summed E-state index contributed by atoms with van der Waals surface area (Å²) in [7, 11) is 0. The van der Waals surface area contributed by atoms with Gasteiger partial charge in [-0.1, -0.05) is 6.92 Å². The second kappa shape index (κ2) is 3.11. The Morgan fingerprint density at radius 3 is 2.64 bits per heavy atom. The van der Waals surface area contributed by atoms with Crippen LogP contribution in [0.5, 0.6) is 0 Å². The predicted molar refractivity (Wildman–Crippen MR) is 46.5 cm³/mol. The molecular weight excluding hydrogens is 138 g/mol. The molecule has 11 heavy (non-hydrogen) atoms. The van der Waals surface area contributed by atoms with E-state index < -0.39 is 0 Å². The van der Waals surface area contributed by atoms with Crippen LogP contribution in [0.4, 0.5) is 0 Å². The van der Waals surface area contributed by atoms with Crippen LogP contribution in [0, 0.1) is 11.3 Å². The summed E-state index contributed by atoms with van der Waals surface area (Å²) < 4.78 is 0. The van der Waals surface area contributed by atoms with Gasteiger partial charge in [-0.05, 0) is 25.7 Å². The molecule has 1 fully saturated rings. The first-order valence-electron chi connectivity index (χ1n) is 4.23. The van der Waals surface area contributed by atoms with Gasteiger partial charge in [-0.2, -0.15) is 0 Å². The smallest absolute Gasteiger partial charge is 0.188 e. The summed E-state index contributed by atoms with van der Waals surface area (Å²) in [6.45, 7) is 5.33. The molecule has 1 aliphatic heterocycles. The van der Waals surface area contributed by atoms with E-state index in [1.807, 2.05) is 4.90 Å². The molecule has 0 aliphatic carbocycles. The fourth-order valence-electron chi connectivity index (χ4n) is 1.68. The first-order valence-corrected chi connectivity index (χ1v) is 4.23. The number of nitrogens with zero attached hydrogens (tertiary/aromatic N) is 1. The van der Waals surface area contributed by atoms with Crippen molar-refractivity contribution in [2.75, 3.05) is 6.54 Å². The molecule has 0 unspecified atom stereocenters. The highest BCUT2D eigenvalue weighted by Gasteiger charge is 2.24. The monoisotopic (exact) mass is 155 g/mol. The van der Waals surface area contributed by atoms with E-state index in [0.29, 0.717) is 12.0 Å². The van der Waals surface area contributed by atoms with Crippen molar-refractivity contribution in [3.05, 3.63) is 0 Å². The number of piperidine rings is 1. The molecule has 2 atom stereocenters. The van der Waals surface area contributed by atoms with Gasteiger partial charge in [0.15, 0.2) is 5.96 Å². The molecule has 1 saturated heterocycles. The molecule has 1 rings (SSSR count). The third-order valence-electron chi connectivity index (χ3n) is 2.68. The van der Waals surface area contributed by atoms with Gasteiger partial charge < -0.3 is 10.6 Å². The predicted octanol–water partition coefficient (Wildman–Crippen LogP) is 1.00. The number of rotatable bonds is 0. The number of hydrogen-bond donors (Lipinski definition) is 2. The van der Waals surface area contributed by atoms with Crippen LogP contribution in [0.2, 0.25) is 0 Å². The molecule has 0 aromatic rings. The highest BCUT2D eigenvalue weighted by molar-refractivity contribution is 5.75. The van der Waals surface area contributed by atoms with Gasteiger partial charge in [0, 0.05) is 12.6 Å². The van der Waals surface area contributed by atoms with Crippen molar-refractivity contribution in [2.24, 2.45) is 11.7 Å². The largest absolute Gasteiger partial charge is 0.370 e. The van der Waals surface area contributed by atoms with Crippen LogP contribution in [-0.2, 0) is 0 Å². The Balaban J connectivity index is 2.58. The van der Waals surface area contributed by atoms with E-state index in [-0.39, 0.29) is 5.96 Å². The maximum atomic E-state index is 7.31. The molecule has 0 aromatic heterocycles. The van der Waals surface area contributed by atoms with Gasteiger partial charge in [-0.25, -0.2) is 0 Å². The Bertz CT molecular complexity index is 155. The van der Waals surface area contributed by atoms with E-state index in [1.54, 1.807) is 0 Å². The number of nitrogens with two attached hydrogens (primary N) is 1. The minimum Gasteiger partial charge on any atom is -0.370 e. The Morgan fingerprint density at radius 1 is 1.55 bits per heavy atom. The molecule has 0 aromatic carbocycles. The van der Waals surface area contributed by atoms with Crippen molar-refractivity contribution in [3.8, 4) is 0 Å². The maximum absolute atomic E-state index is 7.31. The van der Waals surface area contributed by atoms with E-state index in [0.717, 1.165) is 6.54 Å². The zero-order chi connectivity index (χ0) is 8.43. The quantitative estimate of drug-likeness (QED) is 0.405. The first kappa shape index (κ1) is 8.37. The van der Waals surface area contributed by atoms with E-state index in [4.69, 9.17) is 11.1 Å². The lowest BCUT2D eigenvalue weighted by Gasteiger charge is -2.38. The van der Waals surface area contributed by atoms with Gasteiger partial charge in [-0.15, -0.1) is 0 Å². The summed E-state index contributed by atoms with van der Waals surface area (Å²) in [5.74, 6) is 0.900. The SMILES string of the molecule is C[C@@H]1[C@@H](C)CCCN1C(=N)N. The molecule has 0 saturated carbocycles. The van der Waals surface area contributed by atoms with Crippen molar-refractivity contribution in [1.29, 1.82) is 5.41 Å². The topological polar surface area (TPSA) is 53.1 Å². The number of hydrogen-bond acceptors (Lipinski definition) is 1. The molecule has 0 radical (unpaired) electrons. The lowest BCUT2D eigenvalue weighted by molar-refractivity contribution is 0.188. The van der Waals surface area contributed by atoms with Crippen LogP contribution in [-0.4, -0.2) is 23.4 Å². The fourth-order valence-corrected chi connectivity index (χ4v) is 1.68. The lowest BCUT2D eigenvalue weighted by atomic mass is 9.92. The molecule has 1 heterocycles. The van der Waals surface area contributed by atoms with E-state index in [9.17, 15) is 0 Å². The number of nitrogens with one attached hydrogen (secondary N) is 1. The van der Waals surface area contributed by atoms with Crippen molar-refractivity contribution in [3.63, 3.8) is 0 Å². The van der Waals surface area contributed by atoms with Crippen molar-refractivity contribution in [2.45, 2.75) is 32.7 Å². The molecule has 3 nitrogen and oxygen atoms in total. The molecule has 64 valence electrons. The second-order valence-electron chi connectivity index (χ2n) is 3.44. The summed E-state index contributed by atoms with van der Waals surface area (Å²) in [6.07, 6.45) is 2.44. The van der Waals surface area contributed by atoms with Gasteiger partial charge in [0.25, 0.3) is 0 Å². The lowest BCUT2D eigenvalue weighted by Crippen LogP contribution is -2.48. The molecule has 0 bridgehead atoms. The standard InChI is InChI=1S/C8H17N3/c1-6-4-3-5-11(7(6)2)8(9)10/h6-7H,3-5H2,1-2H3,(H3,9,10)/t6-,7+/m0/s1. The Kier molecular flexibility index (Phi) is 2.37. The molecular formula is C8H17N3. The summed E-state index contributed by atoms with van der Waals surface area (Å²) in [5.41, 5.74) is 5.43. The molecule has 3 heteroatoms. The number of likely N-dealkylation sites (tertiary alicyclic amines) is 1. The normalized spacial score (nSPS) is 32.0. The van der Waals surface area contributed by atoms with Crippen LogP contribution >= 0.6 is 0 Å². The minimum atomic E-state index is 0.226. The van der Waals surface area contributed by atoms with Crippen LogP contribution in [0.3, 0.4) is 0 Å². The van der Waals surface area contributed by atoms with Gasteiger partial charge >= 0.3 is 0 Å². The van der Waals surface area contributed by atoms with Crippen molar-refractivity contribution < 1.29 is 0 Å². The van der Waals surface area contributed by atoms with Gasteiger partial charge in [0.05, 0.1) is 0 Å². The van der Waals surface area contributed by atoms with Gasteiger partial charge in [0.1, 0.15) is 0 Å². The summed E-state index contributed by atoms with van der Waals surface area (Å²) in [6, 6.07) is 0.446. The Hall–Kier alpha value is -0.730. The zero-order valence-corrected chi connectivity index (χ0v) is 7.30. The van der Waals surface area contributed by atoms with E-state index in [2.05, 4.69) is 13.8 Å². The highest BCUT2D eigenvalue weighted by Crippen LogP contribution is 2.21. The fraction of sp³-hybridized carbons (Fsp3) is 0.875. The first-order chi connectivity index (χ1) is 5.13. The van der Waals surface area contributed by atoms with Crippen LogP contribution < -0.4 is 5.73 Å². The molecule has 3 N–H and O–H groups in total. The number of guanidine groups is 1. The summed E-state index contributed by atoms with van der Waals surface area (Å²) in [5, 5.41) is 7.31. The second-order valence-corrected chi connectivity index (χ2v) is 3.44. The van der Waals surface area contributed by atoms with Crippen LogP contribution in [0.25, 0.3) is 0 Å². The summed E-state index contributed by atoms with van der Waals surface area (Å²) in [4.78, 5) is 1.98. The average molecular weight is 155 g/mol.